The number of hydrogen-bond donors (Lipinski definition) is 2. The molecular weight excluding hydrogens is 252 g/mol. The largest absolute Gasteiger partial charge is 0.491 e. The summed E-state index contributed by atoms with van der Waals surface area (Å²) in [7, 11) is 0. The van der Waals surface area contributed by atoms with E-state index in [0.717, 1.165) is 21.9 Å². The molecule has 1 aromatic rings. The van der Waals surface area contributed by atoms with Crippen molar-refractivity contribution in [2.75, 3.05) is 0 Å². The summed E-state index contributed by atoms with van der Waals surface area (Å²) < 4.78 is 5.75. The minimum atomic E-state index is -0.186. The van der Waals surface area contributed by atoms with Crippen LogP contribution in [0.4, 0.5) is 0 Å². The van der Waals surface area contributed by atoms with E-state index in [-0.39, 0.29) is 12.0 Å². The molecule has 0 bridgehead atoms. The van der Waals surface area contributed by atoms with Crippen molar-refractivity contribution < 1.29 is 9.53 Å². The number of aryl methyl sites for hydroxylation is 2. The molecular formula is C13H19ClN2O2. The lowest BCUT2D eigenvalue weighted by atomic mass is 10.1. The minimum Gasteiger partial charge on any atom is -0.491 e. The lowest BCUT2D eigenvalue weighted by Crippen LogP contribution is -2.30. The maximum atomic E-state index is 11.0. The highest BCUT2D eigenvalue weighted by molar-refractivity contribution is 6.32. The summed E-state index contributed by atoms with van der Waals surface area (Å²) in [6.07, 6.45) is 0.912. The summed E-state index contributed by atoms with van der Waals surface area (Å²) in [6.45, 7) is 5.80. The second-order valence-electron chi connectivity index (χ2n) is 4.41. The molecule has 0 fully saturated rings. The van der Waals surface area contributed by atoms with Gasteiger partial charge in [0.05, 0.1) is 6.10 Å². The number of benzene rings is 1. The molecule has 100 valence electrons. The number of halogens is 1. The molecule has 0 aliphatic carbocycles. The zero-order valence-electron chi connectivity index (χ0n) is 10.9. The molecule has 1 atom stereocenters. The zero-order chi connectivity index (χ0) is 13.7. The highest BCUT2D eigenvalue weighted by Crippen LogP contribution is 2.26. The van der Waals surface area contributed by atoms with E-state index in [1.165, 1.54) is 0 Å². The lowest BCUT2D eigenvalue weighted by Gasteiger charge is -2.16. The molecule has 1 unspecified atom stereocenters. The van der Waals surface area contributed by atoms with Crippen LogP contribution in [0.25, 0.3) is 0 Å². The number of amides is 1. The first-order valence-electron chi connectivity index (χ1n) is 5.87. The number of carbonyl (C=O) groups is 1. The van der Waals surface area contributed by atoms with Crippen molar-refractivity contribution in [1.82, 2.24) is 5.43 Å². The first-order valence-corrected chi connectivity index (χ1v) is 6.24. The Bertz CT molecular complexity index is 412. The lowest BCUT2D eigenvalue weighted by molar-refractivity contribution is -0.121. The average Bonchev–Trinajstić information content (AvgIpc) is 2.32. The third-order valence-electron chi connectivity index (χ3n) is 2.69. The van der Waals surface area contributed by atoms with Gasteiger partial charge in [-0.15, -0.1) is 0 Å². The fraction of sp³-hybridized carbons (Fsp3) is 0.462. The van der Waals surface area contributed by atoms with Crippen molar-refractivity contribution in [3.05, 3.63) is 28.3 Å². The van der Waals surface area contributed by atoms with Gasteiger partial charge in [0.2, 0.25) is 5.91 Å². The van der Waals surface area contributed by atoms with Crippen LogP contribution in [0, 0.1) is 13.8 Å². The Morgan fingerprint density at radius 3 is 2.50 bits per heavy atom. The molecule has 0 saturated carbocycles. The standard InChI is InChI=1S/C13H19ClN2O2/c1-8-6-11(7-9(2)13(8)14)18-10(3)4-5-12(17)16-15/h6-7,10H,4-5,15H2,1-3H3,(H,16,17). The van der Waals surface area contributed by atoms with Gasteiger partial charge >= 0.3 is 0 Å². The zero-order valence-corrected chi connectivity index (χ0v) is 11.7. The van der Waals surface area contributed by atoms with Crippen LogP contribution in [0.3, 0.4) is 0 Å². The average molecular weight is 271 g/mol. The molecule has 0 saturated heterocycles. The Morgan fingerprint density at radius 1 is 1.44 bits per heavy atom. The number of hydrogen-bond acceptors (Lipinski definition) is 3. The Hall–Kier alpha value is -1.26. The second kappa shape index (κ2) is 6.61. The van der Waals surface area contributed by atoms with Crippen LogP contribution in [-0.4, -0.2) is 12.0 Å². The molecule has 0 spiro atoms. The Morgan fingerprint density at radius 2 is 2.00 bits per heavy atom. The van der Waals surface area contributed by atoms with Gasteiger partial charge in [0.25, 0.3) is 0 Å². The van der Waals surface area contributed by atoms with Crippen LogP contribution < -0.4 is 16.0 Å². The summed E-state index contributed by atoms with van der Waals surface area (Å²) in [6, 6.07) is 3.80. The topological polar surface area (TPSA) is 64.3 Å². The van der Waals surface area contributed by atoms with E-state index in [9.17, 15) is 4.79 Å². The van der Waals surface area contributed by atoms with E-state index in [2.05, 4.69) is 5.43 Å². The van der Waals surface area contributed by atoms with Crippen LogP contribution in [-0.2, 0) is 4.79 Å². The molecule has 0 radical (unpaired) electrons. The van der Waals surface area contributed by atoms with Crippen molar-refractivity contribution in [1.29, 1.82) is 0 Å². The molecule has 18 heavy (non-hydrogen) atoms. The van der Waals surface area contributed by atoms with Gasteiger partial charge in [-0.3, -0.25) is 10.2 Å². The number of ether oxygens (including phenoxy) is 1. The van der Waals surface area contributed by atoms with E-state index in [1.54, 1.807) is 0 Å². The number of rotatable bonds is 5. The molecule has 1 aromatic carbocycles. The Kier molecular flexibility index (Phi) is 5.44. The van der Waals surface area contributed by atoms with Crippen molar-refractivity contribution in [2.45, 2.75) is 39.7 Å². The van der Waals surface area contributed by atoms with E-state index >= 15 is 0 Å². The van der Waals surface area contributed by atoms with Gasteiger partial charge in [0, 0.05) is 11.4 Å². The summed E-state index contributed by atoms with van der Waals surface area (Å²) in [4.78, 5) is 11.0. The van der Waals surface area contributed by atoms with Gasteiger partial charge in [-0.1, -0.05) is 11.6 Å². The Labute approximate surface area is 112 Å². The molecule has 0 aliphatic rings. The van der Waals surface area contributed by atoms with E-state index < -0.39 is 0 Å². The van der Waals surface area contributed by atoms with Gasteiger partial charge in [0.15, 0.2) is 0 Å². The third-order valence-corrected chi connectivity index (χ3v) is 3.28. The quantitative estimate of drug-likeness (QED) is 0.491. The molecule has 0 heterocycles. The van der Waals surface area contributed by atoms with Crippen molar-refractivity contribution >= 4 is 17.5 Å². The summed E-state index contributed by atoms with van der Waals surface area (Å²) in [5.41, 5.74) is 4.07. The second-order valence-corrected chi connectivity index (χ2v) is 4.78. The van der Waals surface area contributed by atoms with E-state index in [0.29, 0.717) is 12.8 Å². The predicted octanol–water partition coefficient (Wildman–Crippen LogP) is 2.49. The fourth-order valence-electron chi connectivity index (χ4n) is 1.67. The first-order chi connectivity index (χ1) is 8.43. The maximum absolute atomic E-state index is 11.0. The predicted molar refractivity (Wildman–Crippen MR) is 72.6 cm³/mol. The molecule has 4 nitrogen and oxygen atoms in total. The van der Waals surface area contributed by atoms with Gasteiger partial charge in [-0.05, 0) is 50.5 Å². The van der Waals surface area contributed by atoms with Crippen LogP contribution in [0.1, 0.15) is 30.9 Å². The first kappa shape index (κ1) is 14.8. The molecule has 0 aromatic heterocycles. The smallest absolute Gasteiger partial charge is 0.234 e. The minimum absolute atomic E-state index is 0.0534. The summed E-state index contributed by atoms with van der Waals surface area (Å²) in [5, 5.41) is 0.762. The molecule has 1 rings (SSSR count). The third kappa shape index (κ3) is 4.20. The number of hydrazine groups is 1. The maximum Gasteiger partial charge on any atom is 0.234 e. The summed E-state index contributed by atoms with van der Waals surface area (Å²) in [5.74, 6) is 5.60. The summed E-state index contributed by atoms with van der Waals surface area (Å²) >= 11 is 6.09. The van der Waals surface area contributed by atoms with E-state index in [1.807, 2.05) is 32.9 Å². The Balaban J connectivity index is 2.59. The molecule has 0 aliphatic heterocycles. The van der Waals surface area contributed by atoms with Gasteiger partial charge in [-0.25, -0.2) is 5.84 Å². The number of nitrogens with two attached hydrogens (primary N) is 1. The van der Waals surface area contributed by atoms with Crippen molar-refractivity contribution in [3.63, 3.8) is 0 Å². The molecule has 3 N–H and O–H groups in total. The highest BCUT2D eigenvalue weighted by Gasteiger charge is 2.09. The van der Waals surface area contributed by atoms with Gasteiger partial charge < -0.3 is 4.74 Å². The van der Waals surface area contributed by atoms with Crippen molar-refractivity contribution in [2.24, 2.45) is 5.84 Å². The van der Waals surface area contributed by atoms with Crippen molar-refractivity contribution in [3.8, 4) is 5.75 Å². The SMILES string of the molecule is Cc1cc(OC(C)CCC(=O)NN)cc(C)c1Cl. The monoisotopic (exact) mass is 270 g/mol. The van der Waals surface area contributed by atoms with E-state index in [4.69, 9.17) is 22.2 Å². The normalized spacial score (nSPS) is 12.1. The fourth-order valence-corrected chi connectivity index (χ4v) is 1.78. The molecule has 1 amide bonds. The van der Waals surface area contributed by atoms with Crippen LogP contribution in [0.2, 0.25) is 5.02 Å². The van der Waals surface area contributed by atoms with Gasteiger partial charge in [0.1, 0.15) is 5.75 Å². The molecule has 5 heteroatoms. The van der Waals surface area contributed by atoms with Crippen LogP contribution in [0.15, 0.2) is 12.1 Å². The van der Waals surface area contributed by atoms with Crippen LogP contribution in [0.5, 0.6) is 5.75 Å². The van der Waals surface area contributed by atoms with Crippen LogP contribution >= 0.6 is 11.6 Å². The van der Waals surface area contributed by atoms with Gasteiger partial charge in [-0.2, -0.15) is 0 Å². The number of carbonyl (C=O) groups excluding carboxylic acids is 1. The highest BCUT2D eigenvalue weighted by atomic mass is 35.5. The number of nitrogens with one attached hydrogen (secondary N) is 1.